The van der Waals surface area contributed by atoms with Crippen LogP contribution in [0.4, 0.5) is 5.69 Å². The molecule has 21 heavy (non-hydrogen) atoms. The molecule has 0 aliphatic carbocycles. The number of aryl methyl sites for hydroxylation is 1. The average molecular weight is 395 g/mol. The molecule has 5 heteroatoms. The fourth-order valence-electron chi connectivity index (χ4n) is 2.02. The summed E-state index contributed by atoms with van der Waals surface area (Å²) in [5.41, 5.74) is 2.38. The molecular weight excluding hydrogens is 381 g/mol. The van der Waals surface area contributed by atoms with Crippen molar-refractivity contribution in [1.29, 1.82) is 0 Å². The molecule has 0 saturated heterocycles. The predicted molar refractivity (Wildman–Crippen MR) is 89.6 cm³/mol. The lowest BCUT2D eigenvalue weighted by Crippen LogP contribution is -2.17. The highest BCUT2D eigenvalue weighted by molar-refractivity contribution is 14.1. The third-order valence-corrected chi connectivity index (χ3v) is 3.73. The molecule has 0 aliphatic rings. The molecule has 0 unspecified atom stereocenters. The smallest absolute Gasteiger partial charge is 0.335 e. The Bertz CT molecular complexity index is 698. The molecule has 0 radical (unpaired) electrons. The van der Waals surface area contributed by atoms with Crippen molar-refractivity contribution < 1.29 is 14.7 Å². The van der Waals surface area contributed by atoms with Gasteiger partial charge < -0.3 is 10.4 Å². The summed E-state index contributed by atoms with van der Waals surface area (Å²) in [7, 11) is 0. The lowest BCUT2D eigenvalue weighted by molar-refractivity contribution is -0.115. The number of benzene rings is 2. The summed E-state index contributed by atoms with van der Waals surface area (Å²) >= 11 is 2.21. The Hall–Kier alpha value is -1.89. The van der Waals surface area contributed by atoms with Crippen molar-refractivity contribution in [3.05, 3.63) is 62.7 Å². The number of amides is 1. The lowest BCUT2D eigenvalue weighted by atomic mass is 10.0. The predicted octanol–water partition coefficient (Wildman–Crippen LogP) is 3.48. The molecule has 0 atom stereocenters. The van der Waals surface area contributed by atoms with Crippen molar-refractivity contribution in [3.63, 3.8) is 0 Å². The number of hydrogen-bond donors (Lipinski definition) is 2. The van der Waals surface area contributed by atoms with E-state index in [1.54, 1.807) is 18.2 Å². The third-order valence-electron chi connectivity index (χ3n) is 3.06. The molecule has 2 aromatic carbocycles. The summed E-state index contributed by atoms with van der Waals surface area (Å²) in [6.07, 6.45) is 0.0356. The fraction of sp³-hybridized carbons (Fsp3) is 0.125. The fourth-order valence-corrected chi connectivity index (χ4v) is 2.66. The summed E-state index contributed by atoms with van der Waals surface area (Å²) in [5.74, 6) is -1.25. The Morgan fingerprint density at radius 3 is 2.57 bits per heavy atom. The zero-order chi connectivity index (χ0) is 15.4. The first kappa shape index (κ1) is 15.5. The van der Waals surface area contributed by atoms with Crippen molar-refractivity contribution in [2.24, 2.45) is 0 Å². The number of carbonyl (C=O) groups is 2. The topological polar surface area (TPSA) is 66.4 Å². The van der Waals surface area contributed by atoms with Crippen LogP contribution in [0.25, 0.3) is 0 Å². The highest BCUT2D eigenvalue weighted by atomic mass is 127. The zero-order valence-electron chi connectivity index (χ0n) is 11.4. The first-order valence-electron chi connectivity index (χ1n) is 6.34. The molecule has 0 spiro atoms. The second kappa shape index (κ2) is 6.71. The number of nitrogens with one attached hydrogen (secondary N) is 1. The van der Waals surface area contributed by atoms with Gasteiger partial charge in [0.05, 0.1) is 12.0 Å². The van der Waals surface area contributed by atoms with Gasteiger partial charge in [-0.1, -0.05) is 18.2 Å². The van der Waals surface area contributed by atoms with Gasteiger partial charge in [-0.25, -0.2) is 4.79 Å². The molecule has 2 rings (SSSR count). The highest BCUT2D eigenvalue weighted by Crippen LogP contribution is 2.18. The monoisotopic (exact) mass is 395 g/mol. The highest BCUT2D eigenvalue weighted by Gasteiger charge is 2.13. The normalized spacial score (nSPS) is 10.2. The van der Waals surface area contributed by atoms with Gasteiger partial charge in [-0.3, -0.25) is 4.79 Å². The van der Waals surface area contributed by atoms with Crippen LogP contribution in [0.1, 0.15) is 21.5 Å². The maximum atomic E-state index is 12.1. The van der Waals surface area contributed by atoms with E-state index in [0.717, 1.165) is 14.8 Å². The van der Waals surface area contributed by atoms with Gasteiger partial charge in [0.25, 0.3) is 0 Å². The molecule has 1 amide bonds. The van der Waals surface area contributed by atoms with Crippen LogP contribution < -0.4 is 5.32 Å². The Kier molecular flexibility index (Phi) is 4.95. The minimum absolute atomic E-state index is 0.0356. The quantitative estimate of drug-likeness (QED) is 0.780. The van der Waals surface area contributed by atoms with Gasteiger partial charge in [0.1, 0.15) is 0 Å². The Balaban J connectivity index is 2.14. The lowest BCUT2D eigenvalue weighted by Gasteiger charge is -2.10. The van der Waals surface area contributed by atoms with E-state index >= 15 is 0 Å². The molecule has 0 fully saturated rings. The minimum Gasteiger partial charge on any atom is -0.478 e. The van der Waals surface area contributed by atoms with Crippen molar-refractivity contribution in [1.82, 2.24) is 0 Å². The number of rotatable bonds is 4. The van der Waals surface area contributed by atoms with Gasteiger partial charge in [-0.15, -0.1) is 0 Å². The Labute approximate surface area is 136 Å². The van der Waals surface area contributed by atoms with E-state index in [-0.39, 0.29) is 17.9 Å². The van der Waals surface area contributed by atoms with Gasteiger partial charge in [0.15, 0.2) is 0 Å². The number of aromatic carboxylic acids is 1. The molecule has 4 nitrogen and oxygen atoms in total. The summed E-state index contributed by atoms with van der Waals surface area (Å²) in [5, 5.41) is 11.9. The molecule has 0 aliphatic heterocycles. The molecule has 0 aromatic heterocycles. The second-order valence-electron chi connectivity index (χ2n) is 4.65. The minimum atomic E-state index is -1.02. The second-order valence-corrected chi connectivity index (χ2v) is 5.89. The van der Waals surface area contributed by atoms with Crippen molar-refractivity contribution >= 4 is 40.2 Å². The van der Waals surface area contributed by atoms with Crippen LogP contribution in [-0.2, 0) is 11.2 Å². The number of carboxylic acid groups (broad SMARTS) is 1. The first-order valence-corrected chi connectivity index (χ1v) is 7.42. The van der Waals surface area contributed by atoms with E-state index in [1.807, 2.05) is 25.1 Å². The molecule has 2 aromatic rings. The standard InChI is InChI=1S/C16H14INO3/c1-10-8-12(17)6-7-14(10)18-15(19)9-11-4-2-3-5-13(11)16(20)21/h2-8H,9H2,1H3,(H,18,19)(H,20,21). The van der Waals surface area contributed by atoms with Crippen LogP contribution in [0.15, 0.2) is 42.5 Å². The van der Waals surface area contributed by atoms with E-state index in [9.17, 15) is 9.59 Å². The van der Waals surface area contributed by atoms with Crippen LogP contribution in [-0.4, -0.2) is 17.0 Å². The summed E-state index contributed by atoms with van der Waals surface area (Å²) < 4.78 is 1.10. The summed E-state index contributed by atoms with van der Waals surface area (Å²) in [6, 6.07) is 12.3. The van der Waals surface area contributed by atoms with Gasteiger partial charge >= 0.3 is 5.97 Å². The molecule has 0 heterocycles. The first-order chi connectivity index (χ1) is 9.97. The van der Waals surface area contributed by atoms with Crippen molar-refractivity contribution in [3.8, 4) is 0 Å². The van der Waals surface area contributed by atoms with Gasteiger partial charge in [-0.05, 0) is 64.9 Å². The SMILES string of the molecule is Cc1cc(I)ccc1NC(=O)Cc1ccccc1C(=O)O. The van der Waals surface area contributed by atoms with Crippen LogP contribution >= 0.6 is 22.6 Å². The van der Waals surface area contributed by atoms with Crippen LogP contribution in [0.3, 0.4) is 0 Å². The Morgan fingerprint density at radius 2 is 1.90 bits per heavy atom. The summed E-state index contributed by atoms with van der Waals surface area (Å²) in [4.78, 5) is 23.2. The molecule has 2 N–H and O–H groups in total. The van der Waals surface area contributed by atoms with E-state index < -0.39 is 5.97 Å². The Morgan fingerprint density at radius 1 is 1.19 bits per heavy atom. The van der Waals surface area contributed by atoms with Crippen LogP contribution in [0.2, 0.25) is 0 Å². The van der Waals surface area contributed by atoms with Crippen LogP contribution in [0.5, 0.6) is 0 Å². The number of carbonyl (C=O) groups excluding carboxylic acids is 1. The van der Waals surface area contributed by atoms with Gasteiger partial charge in [0, 0.05) is 9.26 Å². The van der Waals surface area contributed by atoms with E-state index in [0.29, 0.717) is 5.56 Å². The largest absolute Gasteiger partial charge is 0.478 e. The van der Waals surface area contributed by atoms with Gasteiger partial charge in [-0.2, -0.15) is 0 Å². The maximum absolute atomic E-state index is 12.1. The number of anilines is 1. The third kappa shape index (κ3) is 4.04. The van der Waals surface area contributed by atoms with E-state index in [2.05, 4.69) is 27.9 Å². The maximum Gasteiger partial charge on any atom is 0.335 e. The van der Waals surface area contributed by atoms with Crippen molar-refractivity contribution in [2.75, 3.05) is 5.32 Å². The molecule has 0 saturated carbocycles. The van der Waals surface area contributed by atoms with E-state index in [4.69, 9.17) is 5.11 Å². The van der Waals surface area contributed by atoms with Crippen molar-refractivity contribution in [2.45, 2.75) is 13.3 Å². The number of carboxylic acids is 1. The molecule has 0 bridgehead atoms. The number of hydrogen-bond acceptors (Lipinski definition) is 2. The summed E-state index contributed by atoms with van der Waals surface area (Å²) in [6.45, 7) is 1.92. The molecule has 108 valence electrons. The zero-order valence-corrected chi connectivity index (χ0v) is 13.5. The van der Waals surface area contributed by atoms with Crippen LogP contribution in [0, 0.1) is 10.5 Å². The molecular formula is C16H14INO3. The van der Waals surface area contributed by atoms with E-state index in [1.165, 1.54) is 6.07 Å². The van der Waals surface area contributed by atoms with Gasteiger partial charge in [0.2, 0.25) is 5.91 Å². The average Bonchev–Trinajstić information content (AvgIpc) is 2.42. The number of halogens is 1.